The molecule has 4 fully saturated rings. The topological polar surface area (TPSA) is 53.1 Å². The van der Waals surface area contributed by atoms with Crippen LogP contribution in [0.2, 0.25) is 0 Å². The minimum absolute atomic E-state index is 0.0114. The van der Waals surface area contributed by atoms with Crippen LogP contribution in [0, 0.1) is 23.0 Å². The van der Waals surface area contributed by atoms with Gasteiger partial charge in [0.25, 0.3) is 5.91 Å². The first kappa shape index (κ1) is 29.4. The Hall–Kier alpha value is -2.06. The lowest BCUT2D eigenvalue weighted by Crippen LogP contribution is -2.53. The van der Waals surface area contributed by atoms with E-state index in [1.165, 1.54) is 12.1 Å². The van der Waals surface area contributed by atoms with E-state index in [9.17, 15) is 18.4 Å². The third-order valence-electron chi connectivity index (χ3n) is 9.98. The highest BCUT2D eigenvalue weighted by atomic mass is 19.1. The van der Waals surface area contributed by atoms with Gasteiger partial charge in [0.2, 0.25) is 5.91 Å². The molecule has 0 unspecified atom stereocenters. The molecule has 1 saturated carbocycles. The first-order valence-corrected chi connectivity index (χ1v) is 15.3. The number of likely N-dealkylation sites (tertiary alicyclic amines) is 2. The van der Waals surface area contributed by atoms with Gasteiger partial charge < -0.3 is 14.5 Å². The molecule has 0 radical (unpaired) electrons. The highest BCUT2D eigenvalue weighted by Crippen LogP contribution is 2.41. The van der Waals surface area contributed by atoms with Crippen LogP contribution in [0.3, 0.4) is 0 Å². The van der Waals surface area contributed by atoms with Crippen molar-refractivity contribution in [2.24, 2.45) is 11.3 Å². The van der Waals surface area contributed by atoms with Crippen molar-refractivity contribution in [1.82, 2.24) is 14.7 Å². The molecule has 4 atom stereocenters. The van der Waals surface area contributed by atoms with Crippen LogP contribution < -0.4 is 0 Å². The van der Waals surface area contributed by atoms with Crippen molar-refractivity contribution in [3.05, 3.63) is 35.4 Å². The molecule has 3 heterocycles. The van der Waals surface area contributed by atoms with E-state index in [1.54, 1.807) is 0 Å². The Morgan fingerprint density at radius 1 is 1.00 bits per heavy atom. The number of amides is 2. The first-order chi connectivity index (χ1) is 18.8. The fourth-order valence-electron chi connectivity index (χ4n) is 7.38. The quantitative estimate of drug-likeness (QED) is 0.488. The SMILES string of the molecule is CC1(C)CCC(N(C(=O)[C@@H]2CCCO2)[C@H]2CCN(C(=O)[C@@H]3CN(C(C)(C)C)C[C@H]3c3ccc(F)cc3F)C2)CC1. The minimum atomic E-state index is -0.612. The van der Waals surface area contributed by atoms with Crippen molar-refractivity contribution >= 4 is 11.8 Å². The van der Waals surface area contributed by atoms with E-state index in [1.807, 2.05) is 4.90 Å². The molecule has 5 rings (SSSR count). The molecule has 1 aromatic carbocycles. The van der Waals surface area contributed by atoms with E-state index >= 15 is 0 Å². The van der Waals surface area contributed by atoms with Crippen LogP contribution in [0.5, 0.6) is 0 Å². The Morgan fingerprint density at radius 2 is 1.73 bits per heavy atom. The molecular weight excluding hydrogens is 512 g/mol. The summed E-state index contributed by atoms with van der Waals surface area (Å²) < 4.78 is 34.5. The standard InChI is InChI=1S/C32H47F2N3O3/c1-31(2,3)36-19-25(24-9-8-21(33)17-27(24)34)26(20-36)29(38)35-15-12-23(18-35)37(30(39)28-7-6-16-40-28)22-10-13-32(4,5)14-11-22/h8-9,17,22-23,25-26,28H,6-7,10-16,18-20H2,1-5H3/t23-,25-,26+,28-/m0/s1. The normalized spacial score (nSPS) is 29.7. The Bertz CT molecular complexity index is 1090. The number of benzene rings is 1. The van der Waals surface area contributed by atoms with Crippen LogP contribution in [0.4, 0.5) is 8.78 Å². The van der Waals surface area contributed by atoms with Gasteiger partial charge in [-0.15, -0.1) is 0 Å². The number of carbonyl (C=O) groups is 2. The molecule has 2 amide bonds. The van der Waals surface area contributed by atoms with E-state index in [-0.39, 0.29) is 41.5 Å². The van der Waals surface area contributed by atoms with E-state index in [0.717, 1.165) is 51.0 Å². The zero-order chi connectivity index (χ0) is 28.8. The van der Waals surface area contributed by atoms with Crippen LogP contribution >= 0.6 is 0 Å². The fourth-order valence-corrected chi connectivity index (χ4v) is 7.38. The molecular formula is C32H47F2N3O3. The fraction of sp³-hybridized carbons (Fsp3) is 0.750. The number of nitrogens with zero attached hydrogens (tertiary/aromatic N) is 3. The molecule has 40 heavy (non-hydrogen) atoms. The predicted molar refractivity (Wildman–Crippen MR) is 151 cm³/mol. The number of carbonyl (C=O) groups excluding carboxylic acids is 2. The van der Waals surface area contributed by atoms with Crippen LogP contribution in [0.1, 0.15) is 91.0 Å². The Kier molecular flexibility index (Phi) is 8.33. The lowest BCUT2D eigenvalue weighted by Gasteiger charge is -2.43. The molecule has 4 aliphatic rings. The number of rotatable bonds is 5. The summed E-state index contributed by atoms with van der Waals surface area (Å²) in [6, 6.07) is 3.84. The maximum Gasteiger partial charge on any atom is 0.252 e. The summed E-state index contributed by atoms with van der Waals surface area (Å²) in [4.78, 5) is 34.1. The predicted octanol–water partition coefficient (Wildman–Crippen LogP) is 5.36. The Morgan fingerprint density at radius 3 is 2.35 bits per heavy atom. The molecule has 8 heteroatoms. The van der Waals surface area contributed by atoms with E-state index in [2.05, 4.69) is 44.4 Å². The third kappa shape index (κ3) is 6.08. The largest absolute Gasteiger partial charge is 0.368 e. The highest BCUT2D eigenvalue weighted by Gasteiger charge is 2.47. The highest BCUT2D eigenvalue weighted by molar-refractivity contribution is 5.83. The molecule has 6 nitrogen and oxygen atoms in total. The van der Waals surface area contributed by atoms with Gasteiger partial charge in [0.1, 0.15) is 17.7 Å². The van der Waals surface area contributed by atoms with Crippen molar-refractivity contribution in [3.8, 4) is 0 Å². The van der Waals surface area contributed by atoms with Crippen molar-refractivity contribution in [3.63, 3.8) is 0 Å². The second kappa shape index (κ2) is 11.3. The summed E-state index contributed by atoms with van der Waals surface area (Å²) in [6.07, 6.45) is 6.16. The zero-order valence-electron chi connectivity index (χ0n) is 24.9. The summed E-state index contributed by atoms with van der Waals surface area (Å²) in [7, 11) is 0. The van der Waals surface area contributed by atoms with E-state index in [4.69, 9.17) is 4.74 Å². The van der Waals surface area contributed by atoms with Crippen LogP contribution in [-0.2, 0) is 14.3 Å². The average molecular weight is 560 g/mol. The van der Waals surface area contributed by atoms with E-state index in [0.29, 0.717) is 43.8 Å². The molecule has 0 spiro atoms. The van der Waals surface area contributed by atoms with Crippen LogP contribution in [0.25, 0.3) is 0 Å². The second-order valence-corrected chi connectivity index (χ2v) is 14.3. The first-order valence-electron chi connectivity index (χ1n) is 15.3. The van der Waals surface area contributed by atoms with Gasteiger partial charge in [-0.05, 0) is 82.8 Å². The van der Waals surface area contributed by atoms with Gasteiger partial charge in [-0.2, -0.15) is 0 Å². The van der Waals surface area contributed by atoms with E-state index < -0.39 is 17.6 Å². The second-order valence-electron chi connectivity index (χ2n) is 14.3. The zero-order valence-corrected chi connectivity index (χ0v) is 24.9. The lowest BCUT2D eigenvalue weighted by atomic mass is 9.75. The van der Waals surface area contributed by atoms with Crippen molar-refractivity contribution in [1.29, 1.82) is 0 Å². The van der Waals surface area contributed by atoms with Gasteiger partial charge in [0, 0.05) is 56.4 Å². The smallest absolute Gasteiger partial charge is 0.252 e. The summed E-state index contributed by atoms with van der Waals surface area (Å²) in [5, 5.41) is 0. The minimum Gasteiger partial charge on any atom is -0.368 e. The molecule has 0 bridgehead atoms. The third-order valence-corrected chi connectivity index (χ3v) is 9.98. The van der Waals surface area contributed by atoms with Crippen molar-refractivity contribution in [2.45, 2.75) is 109 Å². The van der Waals surface area contributed by atoms with Crippen molar-refractivity contribution < 1.29 is 23.1 Å². The van der Waals surface area contributed by atoms with Gasteiger partial charge in [-0.1, -0.05) is 19.9 Å². The molecule has 222 valence electrons. The van der Waals surface area contributed by atoms with Gasteiger partial charge in [-0.3, -0.25) is 14.5 Å². The Labute approximate surface area is 238 Å². The average Bonchev–Trinajstić information content (AvgIpc) is 3.65. The number of hydrogen-bond donors (Lipinski definition) is 0. The Balaban J connectivity index is 1.35. The van der Waals surface area contributed by atoms with Gasteiger partial charge >= 0.3 is 0 Å². The van der Waals surface area contributed by atoms with Gasteiger partial charge in [0.15, 0.2) is 0 Å². The number of halogens is 2. The van der Waals surface area contributed by atoms with Crippen LogP contribution in [0.15, 0.2) is 18.2 Å². The number of hydrogen-bond acceptors (Lipinski definition) is 4. The summed E-state index contributed by atoms with van der Waals surface area (Å²) in [5.74, 6) is -1.87. The summed E-state index contributed by atoms with van der Waals surface area (Å²) in [6.45, 7) is 13.7. The summed E-state index contributed by atoms with van der Waals surface area (Å²) >= 11 is 0. The molecule has 1 aromatic rings. The number of ether oxygens (including phenoxy) is 1. The van der Waals surface area contributed by atoms with Crippen LogP contribution in [-0.4, -0.2) is 83.0 Å². The molecule has 1 aliphatic carbocycles. The van der Waals surface area contributed by atoms with Crippen molar-refractivity contribution in [2.75, 3.05) is 32.8 Å². The maximum atomic E-state index is 15.0. The maximum absolute atomic E-state index is 15.0. The van der Waals surface area contributed by atoms with Gasteiger partial charge in [0.05, 0.1) is 12.0 Å². The molecule has 0 N–H and O–H groups in total. The van der Waals surface area contributed by atoms with Gasteiger partial charge in [-0.25, -0.2) is 8.78 Å². The molecule has 3 saturated heterocycles. The molecule has 3 aliphatic heterocycles. The lowest BCUT2D eigenvalue weighted by molar-refractivity contribution is -0.148. The summed E-state index contributed by atoms with van der Waals surface area (Å²) in [5.41, 5.74) is 0.511. The monoisotopic (exact) mass is 559 g/mol. The molecule has 0 aromatic heterocycles.